The summed E-state index contributed by atoms with van der Waals surface area (Å²) in [5, 5.41) is 0. The lowest BCUT2D eigenvalue weighted by Gasteiger charge is -2.06. The van der Waals surface area contributed by atoms with Gasteiger partial charge in [0.25, 0.3) is 0 Å². The number of hydrogen-bond donors (Lipinski definition) is 0. The van der Waals surface area contributed by atoms with Crippen LogP contribution in [0.15, 0.2) is 34.8 Å². The van der Waals surface area contributed by atoms with Gasteiger partial charge in [0.2, 0.25) is 0 Å². The van der Waals surface area contributed by atoms with Crippen LogP contribution in [0.3, 0.4) is 0 Å². The average Bonchev–Trinajstić information content (AvgIpc) is 2.29. The normalized spacial score (nSPS) is 12.6. The molecule has 0 bridgehead atoms. The highest BCUT2D eigenvalue weighted by atomic mass is 79.9. The highest BCUT2D eigenvalue weighted by molar-refractivity contribution is 9.10. The van der Waals surface area contributed by atoms with Crippen molar-refractivity contribution in [1.82, 2.24) is 0 Å². The Hall–Kier alpha value is -1.09. The molecule has 0 aromatic heterocycles. The third kappa shape index (κ3) is 5.68. The van der Waals surface area contributed by atoms with E-state index in [0.717, 1.165) is 16.5 Å². The first-order chi connectivity index (χ1) is 8.11. The third-order valence-electron chi connectivity index (χ3n) is 2.44. The predicted octanol–water partition coefficient (Wildman–Crippen LogP) is 4.05. The largest absolute Gasteiger partial charge is 0.469 e. The number of esters is 1. The lowest BCUT2D eigenvalue weighted by Crippen LogP contribution is -2.06. The van der Waals surface area contributed by atoms with Crippen LogP contribution < -0.4 is 0 Å². The monoisotopic (exact) mass is 296 g/mol. The van der Waals surface area contributed by atoms with E-state index in [9.17, 15) is 4.79 Å². The van der Waals surface area contributed by atoms with Crippen LogP contribution in [0, 0.1) is 5.92 Å². The molecular weight excluding hydrogens is 280 g/mol. The summed E-state index contributed by atoms with van der Waals surface area (Å²) in [7, 11) is 1.42. The summed E-state index contributed by atoms with van der Waals surface area (Å²) in [4.78, 5) is 11.0. The van der Waals surface area contributed by atoms with Crippen LogP contribution in [0.25, 0.3) is 6.08 Å². The number of carbonyl (C=O) groups excluding carboxylic acids is 1. The Morgan fingerprint density at radius 2 is 2.29 bits per heavy atom. The molecule has 0 saturated heterocycles. The molecule has 3 heteroatoms. The Kier molecular flexibility index (Phi) is 5.98. The molecule has 0 radical (unpaired) electrons. The van der Waals surface area contributed by atoms with Gasteiger partial charge in [-0.1, -0.05) is 47.1 Å². The number of ether oxygens (including phenoxy) is 1. The topological polar surface area (TPSA) is 26.3 Å². The Balaban J connectivity index is 2.42. The summed E-state index contributed by atoms with van der Waals surface area (Å²) >= 11 is 3.43. The van der Waals surface area contributed by atoms with E-state index in [1.807, 2.05) is 25.1 Å². The van der Waals surface area contributed by atoms with E-state index in [2.05, 4.69) is 38.9 Å². The lowest BCUT2D eigenvalue weighted by atomic mass is 10.0. The zero-order chi connectivity index (χ0) is 12.7. The Bertz CT molecular complexity index is 399. The van der Waals surface area contributed by atoms with Gasteiger partial charge in [-0.05, 0) is 30.0 Å². The molecule has 1 aromatic rings. The molecule has 92 valence electrons. The van der Waals surface area contributed by atoms with Gasteiger partial charge in [-0.25, -0.2) is 0 Å². The van der Waals surface area contributed by atoms with Crippen molar-refractivity contribution >= 4 is 28.0 Å². The summed E-state index contributed by atoms with van der Waals surface area (Å²) in [6.07, 6.45) is 5.51. The molecule has 0 aliphatic carbocycles. The van der Waals surface area contributed by atoms with Crippen LogP contribution in [0.1, 0.15) is 25.3 Å². The van der Waals surface area contributed by atoms with Crippen molar-refractivity contribution in [3.8, 4) is 0 Å². The van der Waals surface area contributed by atoms with Gasteiger partial charge in [-0.15, -0.1) is 0 Å². The number of methoxy groups -OCH3 is 1. The maximum atomic E-state index is 11.0. The Morgan fingerprint density at radius 3 is 2.94 bits per heavy atom. The van der Waals surface area contributed by atoms with Gasteiger partial charge in [-0.2, -0.15) is 0 Å². The molecule has 17 heavy (non-hydrogen) atoms. The summed E-state index contributed by atoms with van der Waals surface area (Å²) in [6.45, 7) is 2.04. The van der Waals surface area contributed by atoms with Crippen LogP contribution >= 0.6 is 15.9 Å². The van der Waals surface area contributed by atoms with E-state index >= 15 is 0 Å². The Morgan fingerprint density at radius 1 is 1.53 bits per heavy atom. The second kappa shape index (κ2) is 7.28. The van der Waals surface area contributed by atoms with Crippen molar-refractivity contribution in [3.05, 3.63) is 40.4 Å². The van der Waals surface area contributed by atoms with Gasteiger partial charge in [0.05, 0.1) is 7.11 Å². The average molecular weight is 297 g/mol. The fourth-order valence-electron chi connectivity index (χ4n) is 1.50. The van der Waals surface area contributed by atoms with Gasteiger partial charge < -0.3 is 4.74 Å². The van der Waals surface area contributed by atoms with E-state index < -0.39 is 0 Å². The summed E-state index contributed by atoms with van der Waals surface area (Å²) < 4.78 is 5.70. The van der Waals surface area contributed by atoms with Crippen molar-refractivity contribution in [2.45, 2.75) is 19.8 Å². The number of hydrogen-bond acceptors (Lipinski definition) is 2. The first kappa shape index (κ1) is 14.0. The van der Waals surface area contributed by atoms with E-state index in [-0.39, 0.29) is 5.97 Å². The molecule has 0 amide bonds. The lowest BCUT2D eigenvalue weighted by molar-refractivity contribution is -0.141. The molecular formula is C14H17BrO2. The second-order valence-corrected chi connectivity index (χ2v) is 4.99. The molecule has 2 nitrogen and oxygen atoms in total. The van der Waals surface area contributed by atoms with E-state index in [1.165, 1.54) is 7.11 Å². The van der Waals surface area contributed by atoms with Crippen LogP contribution in [-0.4, -0.2) is 13.1 Å². The van der Waals surface area contributed by atoms with Crippen molar-refractivity contribution in [2.24, 2.45) is 5.92 Å². The number of rotatable bonds is 5. The van der Waals surface area contributed by atoms with Crippen molar-refractivity contribution < 1.29 is 9.53 Å². The zero-order valence-electron chi connectivity index (χ0n) is 10.2. The van der Waals surface area contributed by atoms with Crippen molar-refractivity contribution in [3.63, 3.8) is 0 Å². The molecule has 0 spiro atoms. The maximum absolute atomic E-state index is 11.0. The molecule has 0 saturated carbocycles. The summed E-state index contributed by atoms with van der Waals surface area (Å²) in [5.41, 5.74) is 1.16. The summed E-state index contributed by atoms with van der Waals surface area (Å²) in [5.74, 6) is 0.166. The van der Waals surface area contributed by atoms with E-state index in [4.69, 9.17) is 0 Å². The van der Waals surface area contributed by atoms with Gasteiger partial charge in [0.1, 0.15) is 0 Å². The molecule has 0 heterocycles. The minimum Gasteiger partial charge on any atom is -0.469 e. The van der Waals surface area contributed by atoms with Crippen molar-refractivity contribution in [1.29, 1.82) is 0 Å². The van der Waals surface area contributed by atoms with E-state index in [1.54, 1.807) is 0 Å². The van der Waals surface area contributed by atoms with Crippen LogP contribution in [0.5, 0.6) is 0 Å². The van der Waals surface area contributed by atoms with Gasteiger partial charge in [-0.3, -0.25) is 4.79 Å². The van der Waals surface area contributed by atoms with Crippen LogP contribution in [0.4, 0.5) is 0 Å². The molecule has 0 fully saturated rings. The molecule has 1 aromatic carbocycles. The highest BCUT2D eigenvalue weighted by Crippen LogP contribution is 2.14. The van der Waals surface area contributed by atoms with E-state index in [0.29, 0.717) is 12.3 Å². The molecule has 0 aliphatic heterocycles. The Labute approximate surface area is 111 Å². The van der Waals surface area contributed by atoms with Gasteiger partial charge >= 0.3 is 5.97 Å². The quantitative estimate of drug-likeness (QED) is 0.766. The number of halogens is 1. The van der Waals surface area contributed by atoms with Crippen LogP contribution in [0.2, 0.25) is 0 Å². The standard InChI is InChI=1S/C14H17BrO2/c1-11(9-14(16)17-2)5-3-6-12-7-4-8-13(15)10-12/h3-4,6-8,10-11H,5,9H2,1-2H3/b6-3+. The zero-order valence-corrected chi connectivity index (χ0v) is 11.7. The highest BCUT2D eigenvalue weighted by Gasteiger charge is 2.06. The SMILES string of the molecule is COC(=O)CC(C)C/C=C/c1cccc(Br)c1. The van der Waals surface area contributed by atoms with Crippen molar-refractivity contribution in [2.75, 3.05) is 7.11 Å². The second-order valence-electron chi connectivity index (χ2n) is 4.08. The van der Waals surface area contributed by atoms with Gasteiger partial charge in [0, 0.05) is 10.9 Å². The minimum atomic E-state index is -0.145. The maximum Gasteiger partial charge on any atom is 0.305 e. The fraction of sp³-hybridized carbons (Fsp3) is 0.357. The number of carbonyl (C=O) groups is 1. The first-order valence-electron chi connectivity index (χ1n) is 5.60. The third-order valence-corrected chi connectivity index (χ3v) is 2.93. The molecule has 0 N–H and O–H groups in total. The fourth-order valence-corrected chi connectivity index (χ4v) is 1.91. The smallest absolute Gasteiger partial charge is 0.305 e. The predicted molar refractivity (Wildman–Crippen MR) is 73.6 cm³/mol. The van der Waals surface area contributed by atoms with Gasteiger partial charge in [0.15, 0.2) is 0 Å². The molecule has 1 atom stereocenters. The molecule has 0 aliphatic rings. The minimum absolute atomic E-state index is 0.145. The number of allylic oxidation sites excluding steroid dienone is 1. The number of benzene rings is 1. The first-order valence-corrected chi connectivity index (χ1v) is 6.40. The molecule has 1 rings (SSSR count). The molecule has 1 unspecified atom stereocenters. The summed E-state index contributed by atoms with van der Waals surface area (Å²) in [6, 6.07) is 8.10. The van der Waals surface area contributed by atoms with Crippen LogP contribution in [-0.2, 0) is 9.53 Å².